The third-order valence-corrected chi connectivity index (χ3v) is 3.47. The van der Waals surface area contributed by atoms with Crippen LogP contribution in [-0.2, 0) is 4.74 Å². The molecule has 1 aromatic carbocycles. The van der Waals surface area contributed by atoms with Crippen LogP contribution >= 0.6 is 0 Å². The van der Waals surface area contributed by atoms with Crippen molar-refractivity contribution in [2.75, 3.05) is 45.9 Å². The minimum Gasteiger partial charge on any atom is -0.390 e. The number of nitrogens with zero attached hydrogens (tertiary/aromatic N) is 1. The highest BCUT2D eigenvalue weighted by molar-refractivity contribution is 5.17. The summed E-state index contributed by atoms with van der Waals surface area (Å²) in [5.74, 6) is 0. The molecule has 2 rings (SSSR count). The van der Waals surface area contributed by atoms with Gasteiger partial charge in [-0.1, -0.05) is 30.3 Å². The second kappa shape index (κ2) is 8.34. The van der Waals surface area contributed by atoms with Crippen molar-refractivity contribution in [1.29, 1.82) is 0 Å². The van der Waals surface area contributed by atoms with E-state index in [2.05, 4.69) is 10.2 Å². The molecule has 0 spiro atoms. The third kappa shape index (κ3) is 5.19. The van der Waals surface area contributed by atoms with Crippen LogP contribution in [0.3, 0.4) is 0 Å². The summed E-state index contributed by atoms with van der Waals surface area (Å²) in [4.78, 5) is 2.20. The van der Waals surface area contributed by atoms with Gasteiger partial charge in [-0.3, -0.25) is 4.90 Å². The van der Waals surface area contributed by atoms with Crippen LogP contribution in [0.2, 0.25) is 0 Å². The van der Waals surface area contributed by atoms with Gasteiger partial charge in [0.2, 0.25) is 0 Å². The van der Waals surface area contributed by atoms with E-state index in [4.69, 9.17) is 4.74 Å². The highest BCUT2D eigenvalue weighted by Gasteiger charge is 2.15. The highest BCUT2D eigenvalue weighted by atomic mass is 16.5. The maximum atomic E-state index is 9.98. The quantitative estimate of drug-likeness (QED) is 0.656. The molecule has 0 amide bonds. The van der Waals surface area contributed by atoms with Gasteiger partial charge in [0.25, 0.3) is 0 Å². The van der Waals surface area contributed by atoms with Gasteiger partial charge >= 0.3 is 0 Å². The molecular formula is C15H24N2O3. The molecule has 5 nitrogen and oxygen atoms in total. The zero-order valence-corrected chi connectivity index (χ0v) is 11.7. The lowest BCUT2D eigenvalue weighted by Crippen LogP contribution is -2.44. The molecule has 0 saturated carbocycles. The molecule has 0 bridgehead atoms. The summed E-state index contributed by atoms with van der Waals surface area (Å²) in [6.07, 6.45) is -0.956. The Morgan fingerprint density at radius 3 is 2.50 bits per heavy atom. The van der Waals surface area contributed by atoms with E-state index < -0.39 is 12.2 Å². The molecule has 2 atom stereocenters. The summed E-state index contributed by atoms with van der Waals surface area (Å²) in [5.41, 5.74) is 0.891. The Hall–Kier alpha value is -0.980. The van der Waals surface area contributed by atoms with Crippen molar-refractivity contribution in [3.63, 3.8) is 0 Å². The molecule has 1 aliphatic rings. The van der Waals surface area contributed by atoms with Crippen LogP contribution in [0.1, 0.15) is 11.7 Å². The Morgan fingerprint density at radius 1 is 1.10 bits per heavy atom. The number of rotatable bonds is 7. The zero-order valence-electron chi connectivity index (χ0n) is 11.7. The van der Waals surface area contributed by atoms with Crippen LogP contribution in [0.25, 0.3) is 0 Å². The van der Waals surface area contributed by atoms with Crippen molar-refractivity contribution in [3.8, 4) is 0 Å². The molecule has 5 heteroatoms. The van der Waals surface area contributed by atoms with Gasteiger partial charge in [-0.25, -0.2) is 0 Å². The molecule has 112 valence electrons. The van der Waals surface area contributed by atoms with Gasteiger partial charge in [-0.2, -0.15) is 0 Å². The summed E-state index contributed by atoms with van der Waals surface area (Å²) >= 11 is 0. The average molecular weight is 280 g/mol. The number of ether oxygens (including phenoxy) is 1. The van der Waals surface area contributed by atoms with E-state index in [9.17, 15) is 10.2 Å². The second-order valence-electron chi connectivity index (χ2n) is 5.15. The maximum Gasteiger partial charge on any atom is 0.0914 e. The molecule has 2 unspecified atom stereocenters. The predicted molar refractivity (Wildman–Crippen MR) is 77.5 cm³/mol. The van der Waals surface area contributed by atoms with Gasteiger partial charge in [0, 0.05) is 32.7 Å². The Balaban J connectivity index is 1.62. The highest BCUT2D eigenvalue weighted by Crippen LogP contribution is 2.10. The topological polar surface area (TPSA) is 65.0 Å². The van der Waals surface area contributed by atoms with E-state index in [1.54, 1.807) is 0 Å². The molecule has 1 aromatic rings. The molecule has 0 aliphatic carbocycles. The molecule has 0 aromatic heterocycles. The van der Waals surface area contributed by atoms with E-state index >= 15 is 0 Å². The number of aliphatic hydroxyl groups excluding tert-OH is 2. The van der Waals surface area contributed by atoms with Crippen molar-refractivity contribution >= 4 is 0 Å². The fourth-order valence-corrected chi connectivity index (χ4v) is 2.33. The lowest BCUT2D eigenvalue weighted by Gasteiger charge is -2.28. The minimum absolute atomic E-state index is 0.420. The maximum absolute atomic E-state index is 9.98. The summed E-state index contributed by atoms with van der Waals surface area (Å²) < 4.78 is 5.27. The molecule has 1 fully saturated rings. The van der Waals surface area contributed by atoms with Gasteiger partial charge in [-0.15, -0.1) is 0 Å². The van der Waals surface area contributed by atoms with Crippen molar-refractivity contribution in [2.45, 2.75) is 12.2 Å². The van der Waals surface area contributed by atoms with Crippen LogP contribution in [0.4, 0.5) is 0 Å². The van der Waals surface area contributed by atoms with E-state index in [0.717, 1.165) is 31.9 Å². The first-order valence-corrected chi connectivity index (χ1v) is 7.17. The van der Waals surface area contributed by atoms with Gasteiger partial charge in [-0.05, 0) is 5.56 Å². The molecular weight excluding hydrogens is 256 g/mol. The Morgan fingerprint density at radius 2 is 1.80 bits per heavy atom. The summed E-state index contributed by atoms with van der Waals surface area (Å²) in [6.45, 7) is 4.83. The summed E-state index contributed by atoms with van der Waals surface area (Å²) in [6, 6.07) is 9.54. The average Bonchev–Trinajstić information content (AvgIpc) is 2.49. The first-order valence-electron chi connectivity index (χ1n) is 7.17. The third-order valence-electron chi connectivity index (χ3n) is 3.47. The Bertz CT molecular complexity index is 369. The molecule has 0 radical (unpaired) electrons. The number of aliphatic hydroxyl groups is 2. The van der Waals surface area contributed by atoms with Crippen LogP contribution in [0, 0.1) is 0 Å². The van der Waals surface area contributed by atoms with E-state index in [1.807, 2.05) is 30.3 Å². The first kappa shape index (κ1) is 15.4. The summed E-state index contributed by atoms with van der Waals surface area (Å²) in [5, 5.41) is 23.1. The second-order valence-corrected chi connectivity index (χ2v) is 5.15. The number of benzene rings is 1. The number of hydrogen-bond donors (Lipinski definition) is 3. The standard InChI is InChI=1S/C15H24N2O3/c18-14(12-17-6-8-20-9-7-17)10-16-11-15(19)13-4-2-1-3-5-13/h1-5,14-16,18-19H,6-12H2. The van der Waals surface area contributed by atoms with Crippen LogP contribution < -0.4 is 5.32 Å². The molecule has 20 heavy (non-hydrogen) atoms. The van der Waals surface area contributed by atoms with Crippen molar-refractivity contribution in [3.05, 3.63) is 35.9 Å². The lowest BCUT2D eigenvalue weighted by molar-refractivity contribution is 0.0144. The number of hydrogen-bond acceptors (Lipinski definition) is 5. The van der Waals surface area contributed by atoms with Gasteiger partial charge in [0.1, 0.15) is 0 Å². The Labute approximate surface area is 120 Å². The van der Waals surface area contributed by atoms with Crippen LogP contribution in [0.15, 0.2) is 30.3 Å². The summed E-state index contributed by atoms with van der Waals surface area (Å²) in [7, 11) is 0. The first-order chi connectivity index (χ1) is 9.75. The monoisotopic (exact) mass is 280 g/mol. The molecule has 1 saturated heterocycles. The smallest absolute Gasteiger partial charge is 0.0914 e. The number of morpholine rings is 1. The predicted octanol–water partition coefficient (Wildman–Crippen LogP) is 0.00270. The van der Waals surface area contributed by atoms with Crippen molar-refractivity contribution < 1.29 is 14.9 Å². The van der Waals surface area contributed by atoms with Crippen molar-refractivity contribution in [1.82, 2.24) is 10.2 Å². The van der Waals surface area contributed by atoms with E-state index in [0.29, 0.717) is 19.6 Å². The van der Waals surface area contributed by atoms with Gasteiger partial charge < -0.3 is 20.3 Å². The van der Waals surface area contributed by atoms with Crippen molar-refractivity contribution in [2.24, 2.45) is 0 Å². The fourth-order valence-electron chi connectivity index (χ4n) is 2.33. The molecule has 3 N–H and O–H groups in total. The van der Waals surface area contributed by atoms with Gasteiger partial charge in [0.15, 0.2) is 0 Å². The van der Waals surface area contributed by atoms with Gasteiger partial charge in [0.05, 0.1) is 25.4 Å². The van der Waals surface area contributed by atoms with Crippen LogP contribution in [-0.4, -0.2) is 67.2 Å². The largest absolute Gasteiger partial charge is 0.390 e. The Kier molecular flexibility index (Phi) is 6.42. The number of β-amino-alcohol motifs (C(OH)–C–C–N with tert-alkyl or cyclic N) is 1. The van der Waals surface area contributed by atoms with Crippen LogP contribution in [0.5, 0.6) is 0 Å². The molecule has 1 aliphatic heterocycles. The SMILES string of the molecule is OC(CNCC(O)c1ccccc1)CN1CCOCC1. The fraction of sp³-hybridized carbons (Fsp3) is 0.600. The lowest BCUT2D eigenvalue weighted by atomic mass is 10.1. The normalized spacial score (nSPS) is 19.7. The number of nitrogens with one attached hydrogen (secondary N) is 1. The van der Waals surface area contributed by atoms with E-state index in [1.165, 1.54) is 0 Å². The molecule has 1 heterocycles. The zero-order chi connectivity index (χ0) is 14.2. The van der Waals surface area contributed by atoms with E-state index in [-0.39, 0.29) is 0 Å². The minimum atomic E-state index is -0.535.